The first-order chi connectivity index (χ1) is 15.9. The van der Waals surface area contributed by atoms with Gasteiger partial charge < -0.3 is 14.2 Å². The third kappa shape index (κ3) is 6.57. The van der Waals surface area contributed by atoms with E-state index in [0.717, 1.165) is 11.1 Å². The maximum atomic E-state index is 12.3. The van der Waals surface area contributed by atoms with Crippen molar-refractivity contribution in [1.29, 1.82) is 0 Å². The van der Waals surface area contributed by atoms with Crippen molar-refractivity contribution in [2.45, 2.75) is 13.8 Å². The van der Waals surface area contributed by atoms with E-state index in [9.17, 15) is 9.59 Å². The number of carbonyl (C=O) groups excluding carboxylic acids is 2. The van der Waals surface area contributed by atoms with Crippen LogP contribution in [0.15, 0.2) is 65.8 Å². The fourth-order valence-corrected chi connectivity index (χ4v) is 3.10. The Hall–Kier alpha value is -3.84. The Bertz CT molecular complexity index is 1160. The van der Waals surface area contributed by atoms with Gasteiger partial charge in [0.15, 0.2) is 18.1 Å². The molecule has 0 radical (unpaired) electrons. The Balaban J connectivity index is 1.58. The minimum absolute atomic E-state index is 0.161. The van der Waals surface area contributed by atoms with Crippen molar-refractivity contribution in [2.24, 2.45) is 5.10 Å². The second-order valence-electron chi connectivity index (χ2n) is 7.11. The fraction of sp³-hybridized carbons (Fsp3) is 0.160. The monoisotopic (exact) mass is 466 g/mol. The normalized spacial score (nSPS) is 10.7. The Morgan fingerprint density at radius 2 is 1.70 bits per heavy atom. The first-order valence-corrected chi connectivity index (χ1v) is 10.4. The molecule has 0 unspecified atom stereocenters. The molecule has 0 saturated heterocycles. The Morgan fingerprint density at radius 3 is 2.36 bits per heavy atom. The average Bonchev–Trinajstić information content (AvgIpc) is 2.80. The summed E-state index contributed by atoms with van der Waals surface area (Å²) < 4.78 is 16.3. The number of aryl methyl sites for hydroxylation is 2. The lowest BCUT2D eigenvalue weighted by molar-refractivity contribution is -0.123. The number of hydrogen-bond acceptors (Lipinski definition) is 6. The van der Waals surface area contributed by atoms with E-state index in [1.54, 1.807) is 42.5 Å². The number of methoxy groups -OCH3 is 1. The fourth-order valence-electron chi connectivity index (χ4n) is 2.97. The molecular weight excluding hydrogens is 444 g/mol. The van der Waals surface area contributed by atoms with Crippen LogP contribution in [0.2, 0.25) is 5.02 Å². The largest absolute Gasteiger partial charge is 0.493 e. The van der Waals surface area contributed by atoms with Crippen molar-refractivity contribution < 1.29 is 23.8 Å². The zero-order valence-corrected chi connectivity index (χ0v) is 19.2. The highest BCUT2D eigenvalue weighted by Crippen LogP contribution is 2.28. The van der Waals surface area contributed by atoms with E-state index in [0.29, 0.717) is 27.6 Å². The van der Waals surface area contributed by atoms with Crippen LogP contribution in [0.3, 0.4) is 0 Å². The highest BCUT2D eigenvalue weighted by molar-refractivity contribution is 6.30. The number of esters is 1. The molecule has 0 aliphatic heterocycles. The van der Waals surface area contributed by atoms with Gasteiger partial charge >= 0.3 is 5.97 Å². The molecule has 7 nitrogen and oxygen atoms in total. The van der Waals surface area contributed by atoms with Crippen LogP contribution in [0.25, 0.3) is 0 Å². The number of nitrogens with zero attached hydrogens (tertiary/aromatic N) is 1. The van der Waals surface area contributed by atoms with Crippen LogP contribution in [-0.2, 0) is 4.79 Å². The SMILES string of the molecule is COc1cc(/C=N/NC(=O)COc2c(C)cccc2C)ccc1OC(=O)c1ccc(Cl)cc1. The number of para-hydroxylation sites is 1. The van der Waals surface area contributed by atoms with E-state index < -0.39 is 11.9 Å². The molecule has 0 aliphatic carbocycles. The molecule has 3 aromatic rings. The smallest absolute Gasteiger partial charge is 0.343 e. The molecule has 170 valence electrons. The van der Waals surface area contributed by atoms with Crippen molar-refractivity contribution in [3.63, 3.8) is 0 Å². The first-order valence-electron chi connectivity index (χ1n) is 10.0. The predicted octanol–water partition coefficient (Wildman–Crippen LogP) is 4.71. The van der Waals surface area contributed by atoms with E-state index in [-0.39, 0.29) is 12.4 Å². The molecule has 0 bridgehead atoms. The van der Waals surface area contributed by atoms with Crippen molar-refractivity contribution in [2.75, 3.05) is 13.7 Å². The van der Waals surface area contributed by atoms with Gasteiger partial charge in [0, 0.05) is 5.02 Å². The lowest BCUT2D eigenvalue weighted by Gasteiger charge is -2.11. The molecule has 8 heteroatoms. The van der Waals surface area contributed by atoms with E-state index in [1.165, 1.54) is 13.3 Å². The Morgan fingerprint density at radius 1 is 1.00 bits per heavy atom. The predicted molar refractivity (Wildman–Crippen MR) is 127 cm³/mol. The highest BCUT2D eigenvalue weighted by atomic mass is 35.5. The summed E-state index contributed by atoms with van der Waals surface area (Å²) in [5, 5.41) is 4.46. The molecule has 33 heavy (non-hydrogen) atoms. The van der Waals surface area contributed by atoms with Gasteiger partial charge in [0.25, 0.3) is 5.91 Å². The molecule has 0 atom stereocenters. The van der Waals surface area contributed by atoms with Crippen LogP contribution in [0.1, 0.15) is 27.0 Å². The number of hydrazone groups is 1. The Kier molecular flexibility index (Phi) is 8.05. The maximum Gasteiger partial charge on any atom is 0.343 e. The summed E-state index contributed by atoms with van der Waals surface area (Å²) >= 11 is 5.84. The molecular formula is C25H23ClN2O5. The van der Waals surface area contributed by atoms with Crippen LogP contribution in [0.5, 0.6) is 17.2 Å². The summed E-state index contributed by atoms with van der Waals surface area (Å²) in [4.78, 5) is 24.4. The van der Waals surface area contributed by atoms with Gasteiger partial charge in [0.1, 0.15) is 5.75 Å². The van der Waals surface area contributed by atoms with Gasteiger partial charge in [-0.2, -0.15) is 5.10 Å². The van der Waals surface area contributed by atoms with Crippen molar-refractivity contribution in [3.8, 4) is 17.2 Å². The number of benzene rings is 3. The summed E-state index contributed by atoms with van der Waals surface area (Å²) in [6.07, 6.45) is 1.45. The van der Waals surface area contributed by atoms with Crippen molar-refractivity contribution >= 4 is 29.7 Å². The quantitative estimate of drug-likeness (QED) is 0.225. The van der Waals surface area contributed by atoms with Crippen molar-refractivity contribution in [1.82, 2.24) is 5.43 Å². The number of nitrogens with one attached hydrogen (secondary N) is 1. The standard InChI is InChI=1S/C25H23ClN2O5/c1-16-5-4-6-17(2)24(16)32-15-23(29)28-27-14-18-7-12-21(22(13-18)31-3)33-25(30)19-8-10-20(26)11-9-19/h4-14H,15H2,1-3H3,(H,28,29)/b27-14+. The summed E-state index contributed by atoms with van der Waals surface area (Å²) in [7, 11) is 1.46. The Labute approximate surface area is 196 Å². The molecule has 0 heterocycles. The second-order valence-corrected chi connectivity index (χ2v) is 7.55. The molecule has 3 aromatic carbocycles. The van der Waals surface area contributed by atoms with Gasteiger partial charge in [-0.25, -0.2) is 10.2 Å². The molecule has 1 amide bonds. The van der Waals surface area contributed by atoms with Gasteiger partial charge in [-0.1, -0.05) is 29.8 Å². The molecule has 0 aromatic heterocycles. The number of rotatable bonds is 8. The van der Waals surface area contributed by atoms with E-state index in [2.05, 4.69) is 10.5 Å². The summed E-state index contributed by atoms with van der Waals surface area (Å²) in [6.45, 7) is 3.68. The van der Waals surface area contributed by atoms with Crippen LogP contribution < -0.4 is 19.6 Å². The van der Waals surface area contributed by atoms with Gasteiger partial charge in [0.2, 0.25) is 0 Å². The lowest BCUT2D eigenvalue weighted by Crippen LogP contribution is -2.25. The third-order valence-electron chi connectivity index (χ3n) is 4.63. The van der Waals surface area contributed by atoms with Crippen LogP contribution in [-0.4, -0.2) is 31.8 Å². The summed E-state index contributed by atoms with van der Waals surface area (Å²) in [5.41, 5.74) is 5.32. The number of ether oxygens (including phenoxy) is 3. The minimum atomic E-state index is -0.539. The van der Waals surface area contributed by atoms with Crippen LogP contribution >= 0.6 is 11.6 Å². The van der Waals surface area contributed by atoms with E-state index in [1.807, 2.05) is 32.0 Å². The highest BCUT2D eigenvalue weighted by Gasteiger charge is 2.13. The third-order valence-corrected chi connectivity index (χ3v) is 4.88. The molecule has 0 fully saturated rings. The molecule has 0 saturated carbocycles. The van der Waals surface area contributed by atoms with Crippen molar-refractivity contribution in [3.05, 3.63) is 87.9 Å². The van der Waals surface area contributed by atoms with Gasteiger partial charge in [-0.15, -0.1) is 0 Å². The number of halogens is 1. The van der Waals surface area contributed by atoms with Gasteiger partial charge in [-0.3, -0.25) is 4.79 Å². The zero-order chi connectivity index (χ0) is 23.8. The van der Waals surface area contributed by atoms with Crippen LogP contribution in [0, 0.1) is 13.8 Å². The molecule has 3 rings (SSSR count). The summed E-state index contributed by atoms with van der Waals surface area (Å²) in [6, 6.07) is 17.0. The lowest BCUT2D eigenvalue weighted by atomic mass is 10.1. The second kappa shape index (κ2) is 11.2. The van der Waals surface area contributed by atoms with Gasteiger partial charge in [0.05, 0.1) is 18.9 Å². The van der Waals surface area contributed by atoms with Crippen LogP contribution in [0.4, 0.5) is 0 Å². The zero-order valence-electron chi connectivity index (χ0n) is 18.4. The van der Waals surface area contributed by atoms with E-state index >= 15 is 0 Å². The molecule has 0 spiro atoms. The van der Waals surface area contributed by atoms with E-state index in [4.69, 9.17) is 25.8 Å². The number of amides is 1. The summed E-state index contributed by atoms with van der Waals surface area (Å²) in [5.74, 6) is 0.341. The molecule has 1 N–H and O–H groups in total. The molecule has 0 aliphatic rings. The number of carbonyl (C=O) groups is 2. The first kappa shape index (κ1) is 23.8. The minimum Gasteiger partial charge on any atom is -0.493 e. The topological polar surface area (TPSA) is 86.2 Å². The van der Waals surface area contributed by atoms with Gasteiger partial charge in [-0.05, 0) is 73.0 Å². The number of hydrogen-bond donors (Lipinski definition) is 1. The maximum absolute atomic E-state index is 12.3. The average molecular weight is 467 g/mol.